The van der Waals surface area contributed by atoms with Crippen molar-refractivity contribution in [3.8, 4) is 11.8 Å². The summed E-state index contributed by atoms with van der Waals surface area (Å²) in [6, 6.07) is 0. The Morgan fingerprint density at radius 2 is 2.29 bits per heavy atom. The molecule has 5 N–H and O–H groups in total. The Labute approximate surface area is 135 Å². The van der Waals surface area contributed by atoms with Crippen LogP contribution in [0, 0.1) is 11.8 Å². The van der Waals surface area contributed by atoms with Crippen molar-refractivity contribution in [1.29, 1.82) is 0 Å². The molecule has 3 rings (SSSR count). The van der Waals surface area contributed by atoms with Gasteiger partial charge in [0.1, 0.15) is 24.4 Å². The third-order valence-corrected chi connectivity index (χ3v) is 3.84. The molecule has 9 nitrogen and oxygen atoms in total. The number of nitrogen functional groups attached to an aromatic ring is 1. The van der Waals surface area contributed by atoms with Crippen LogP contribution in [0.2, 0.25) is 0 Å². The molecule has 128 valence electrons. The molecule has 1 saturated heterocycles. The highest BCUT2D eigenvalue weighted by molar-refractivity contribution is 5.70. The lowest BCUT2D eigenvalue weighted by Gasteiger charge is -2.26. The summed E-state index contributed by atoms with van der Waals surface area (Å²) in [6.07, 6.45) is -2.38. The van der Waals surface area contributed by atoms with E-state index in [0.717, 1.165) is 0 Å². The molecule has 0 aliphatic carbocycles. The molecule has 0 saturated carbocycles. The van der Waals surface area contributed by atoms with Crippen molar-refractivity contribution < 1.29 is 24.4 Å². The molecule has 1 aliphatic rings. The number of fused-ring (bicyclic) bond motifs is 1. The van der Waals surface area contributed by atoms with E-state index in [1.54, 1.807) is 0 Å². The van der Waals surface area contributed by atoms with E-state index in [2.05, 4.69) is 26.8 Å². The minimum Gasteiger partial charge on any atom is -0.391 e. The van der Waals surface area contributed by atoms with Crippen LogP contribution >= 0.6 is 0 Å². The molecule has 0 amide bonds. The number of alkyl halides is 1. The van der Waals surface area contributed by atoms with E-state index in [9.17, 15) is 19.7 Å². The van der Waals surface area contributed by atoms with Crippen molar-refractivity contribution in [3.63, 3.8) is 0 Å². The van der Waals surface area contributed by atoms with Crippen molar-refractivity contribution in [3.05, 3.63) is 12.5 Å². The third-order valence-electron chi connectivity index (χ3n) is 3.84. The number of imidazole rings is 1. The first kappa shape index (κ1) is 16.5. The Morgan fingerprint density at radius 3 is 2.96 bits per heavy atom. The Hall–Kier alpha value is -2.32. The topological polar surface area (TPSA) is 140 Å². The first-order valence-corrected chi connectivity index (χ1v) is 7.13. The Balaban J connectivity index is 2.13. The van der Waals surface area contributed by atoms with Crippen molar-refractivity contribution >= 4 is 17.1 Å². The summed E-state index contributed by atoms with van der Waals surface area (Å²) in [5, 5.41) is 30.9. The lowest BCUT2D eigenvalue weighted by atomic mass is 9.93. The normalized spacial score (nSPS) is 31.0. The Kier molecular flexibility index (Phi) is 4.10. The molecule has 24 heavy (non-hydrogen) atoms. The SMILES string of the molecule is C[C@H](O)[C@H]1O[C@@H](n2cnc3cnc(N)nc32)[C@@](O)(C#CCF)C1O. The van der Waals surface area contributed by atoms with Gasteiger partial charge >= 0.3 is 0 Å². The number of hydrogen-bond donors (Lipinski definition) is 4. The number of aliphatic hydroxyl groups excluding tert-OH is 2. The number of aliphatic hydroxyl groups is 3. The maximum Gasteiger partial charge on any atom is 0.222 e. The van der Waals surface area contributed by atoms with Crippen LogP contribution in [0.4, 0.5) is 10.3 Å². The molecule has 0 spiro atoms. The van der Waals surface area contributed by atoms with Crippen LogP contribution in [0.5, 0.6) is 0 Å². The van der Waals surface area contributed by atoms with Crippen LogP contribution in [0.1, 0.15) is 13.2 Å². The minimum atomic E-state index is -2.17. The highest BCUT2D eigenvalue weighted by Crippen LogP contribution is 2.40. The average Bonchev–Trinajstić information content (AvgIpc) is 3.05. The fourth-order valence-corrected chi connectivity index (χ4v) is 2.70. The van der Waals surface area contributed by atoms with Gasteiger partial charge in [-0.3, -0.25) is 4.57 Å². The molecule has 1 fully saturated rings. The molecule has 3 heterocycles. The number of nitrogens with zero attached hydrogens (tertiary/aromatic N) is 4. The standard InChI is InChI=1S/C14H16FN5O4/c1-7(21)9-10(22)14(23,3-2-4-15)12(24-9)20-6-18-8-5-17-13(16)19-11(8)20/h5-7,9-10,12,21-23H,4H2,1H3,(H2,16,17,19)/t7-,9+,10?,12+,14+/m0/s1. The second-order valence-electron chi connectivity index (χ2n) is 5.49. The largest absolute Gasteiger partial charge is 0.391 e. The fraction of sp³-hybridized carbons (Fsp3) is 0.500. The summed E-state index contributed by atoms with van der Waals surface area (Å²) in [4.78, 5) is 11.9. The maximum absolute atomic E-state index is 12.5. The van der Waals surface area contributed by atoms with Gasteiger partial charge in [0.25, 0.3) is 0 Å². The second kappa shape index (κ2) is 5.95. The Bertz CT molecular complexity index is 816. The summed E-state index contributed by atoms with van der Waals surface area (Å²) in [6.45, 7) is 0.381. The van der Waals surface area contributed by atoms with E-state index in [-0.39, 0.29) is 11.6 Å². The third kappa shape index (κ3) is 2.47. The van der Waals surface area contributed by atoms with Crippen LogP contribution in [0.15, 0.2) is 12.5 Å². The van der Waals surface area contributed by atoms with E-state index in [1.165, 1.54) is 24.0 Å². The minimum absolute atomic E-state index is 0.0201. The highest BCUT2D eigenvalue weighted by Gasteiger charge is 2.57. The van der Waals surface area contributed by atoms with E-state index in [0.29, 0.717) is 5.52 Å². The van der Waals surface area contributed by atoms with Crippen molar-refractivity contribution in [1.82, 2.24) is 19.5 Å². The van der Waals surface area contributed by atoms with Crippen molar-refractivity contribution in [2.45, 2.75) is 37.1 Å². The summed E-state index contributed by atoms with van der Waals surface area (Å²) in [5.74, 6) is 4.35. The van der Waals surface area contributed by atoms with Gasteiger partial charge in [-0.1, -0.05) is 11.8 Å². The Morgan fingerprint density at radius 1 is 1.54 bits per heavy atom. The van der Waals surface area contributed by atoms with Gasteiger partial charge in [-0.15, -0.1) is 0 Å². The van der Waals surface area contributed by atoms with E-state index < -0.39 is 36.8 Å². The number of rotatable bonds is 2. The van der Waals surface area contributed by atoms with Crippen LogP contribution < -0.4 is 5.73 Å². The van der Waals surface area contributed by atoms with Gasteiger partial charge in [0.05, 0.1) is 18.6 Å². The zero-order chi connectivity index (χ0) is 17.5. The summed E-state index contributed by atoms with van der Waals surface area (Å²) in [5.41, 5.74) is 4.02. The molecule has 1 unspecified atom stereocenters. The van der Waals surface area contributed by atoms with Crippen molar-refractivity contribution in [2.24, 2.45) is 0 Å². The zero-order valence-corrected chi connectivity index (χ0v) is 12.7. The average molecular weight is 337 g/mol. The van der Waals surface area contributed by atoms with Crippen LogP contribution in [-0.2, 0) is 4.74 Å². The molecular weight excluding hydrogens is 321 g/mol. The van der Waals surface area contributed by atoms with Gasteiger partial charge < -0.3 is 25.8 Å². The number of halogens is 1. The van der Waals surface area contributed by atoms with E-state index >= 15 is 0 Å². The van der Waals surface area contributed by atoms with Crippen LogP contribution in [-0.4, -0.2) is 65.4 Å². The van der Waals surface area contributed by atoms with Crippen LogP contribution in [0.3, 0.4) is 0 Å². The van der Waals surface area contributed by atoms with E-state index in [1.807, 2.05) is 0 Å². The van der Waals surface area contributed by atoms with Gasteiger partial charge in [-0.25, -0.2) is 14.4 Å². The monoisotopic (exact) mass is 337 g/mol. The summed E-state index contributed by atoms with van der Waals surface area (Å²) < 4.78 is 19.4. The lowest BCUT2D eigenvalue weighted by molar-refractivity contribution is -0.0847. The molecule has 5 atom stereocenters. The summed E-state index contributed by atoms with van der Waals surface area (Å²) in [7, 11) is 0. The second-order valence-corrected chi connectivity index (χ2v) is 5.49. The first-order chi connectivity index (χ1) is 11.4. The summed E-state index contributed by atoms with van der Waals surface area (Å²) >= 11 is 0. The maximum atomic E-state index is 12.5. The molecule has 2 aromatic rings. The molecule has 0 bridgehead atoms. The van der Waals surface area contributed by atoms with Gasteiger partial charge in [-0.2, -0.15) is 4.98 Å². The number of ether oxygens (including phenoxy) is 1. The number of anilines is 1. The lowest BCUT2D eigenvalue weighted by Crippen LogP contribution is -2.47. The van der Waals surface area contributed by atoms with Crippen LogP contribution in [0.25, 0.3) is 11.2 Å². The van der Waals surface area contributed by atoms with Gasteiger partial charge in [-0.05, 0) is 6.92 Å². The predicted octanol–water partition coefficient (Wildman–Crippen LogP) is -1.25. The highest BCUT2D eigenvalue weighted by atomic mass is 19.1. The molecule has 2 aromatic heterocycles. The first-order valence-electron chi connectivity index (χ1n) is 7.13. The molecule has 1 aliphatic heterocycles. The molecule has 0 radical (unpaired) electrons. The van der Waals surface area contributed by atoms with Crippen molar-refractivity contribution in [2.75, 3.05) is 12.4 Å². The van der Waals surface area contributed by atoms with E-state index in [4.69, 9.17) is 10.5 Å². The van der Waals surface area contributed by atoms with Gasteiger partial charge in [0.15, 0.2) is 17.5 Å². The zero-order valence-electron chi connectivity index (χ0n) is 12.7. The molecule has 0 aromatic carbocycles. The quantitative estimate of drug-likeness (QED) is 0.499. The number of nitrogens with two attached hydrogens (primary N) is 1. The fourth-order valence-electron chi connectivity index (χ4n) is 2.70. The smallest absolute Gasteiger partial charge is 0.222 e. The van der Waals surface area contributed by atoms with Gasteiger partial charge in [0, 0.05) is 0 Å². The van der Waals surface area contributed by atoms with Gasteiger partial charge in [0.2, 0.25) is 5.95 Å². The molecular formula is C14H16FN5O4. The predicted molar refractivity (Wildman–Crippen MR) is 80.0 cm³/mol. The molecule has 10 heteroatoms. The number of hydrogen-bond acceptors (Lipinski definition) is 8. The number of aromatic nitrogens is 4.